The number of carbonyl (C=O) groups is 2. The van der Waals surface area contributed by atoms with Gasteiger partial charge in [-0.3, -0.25) is 14.4 Å². The predicted molar refractivity (Wildman–Crippen MR) is 106 cm³/mol. The fourth-order valence-corrected chi connectivity index (χ4v) is 4.37. The molecule has 2 aromatic rings. The quantitative estimate of drug-likeness (QED) is 0.798. The van der Waals surface area contributed by atoms with E-state index in [1.165, 1.54) is 12.3 Å². The molecule has 3 N–H and O–H groups in total. The van der Waals surface area contributed by atoms with E-state index in [1.807, 2.05) is 0 Å². The van der Waals surface area contributed by atoms with Crippen molar-refractivity contribution >= 4 is 17.5 Å². The van der Waals surface area contributed by atoms with Crippen molar-refractivity contribution in [3.8, 4) is 11.5 Å². The normalized spacial score (nSPS) is 23.4. The Hall–Kier alpha value is -3.10. The van der Waals surface area contributed by atoms with E-state index in [0.717, 1.165) is 30.4 Å². The van der Waals surface area contributed by atoms with Crippen molar-refractivity contribution in [3.63, 3.8) is 0 Å². The summed E-state index contributed by atoms with van der Waals surface area (Å²) in [5.74, 6) is -0.0616. The molecule has 9 heteroatoms. The van der Waals surface area contributed by atoms with Crippen LogP contribution in [0.3, 0.4) is 0 Å². The predicted octanol–water partition coefficient (Wildman–Crippen LogP) is 1.13. The molecule has 1 saturated carbocycles. The van der Waals surface area contributed by atoms with Crippen molar-refractivity contribution in [1.82, 2.24) is 20.0 Å². The molecule has 154 valence electrons. The minimum atomic E-state index is -1.01. The van der Waals surface area contributed by atoms with Crippen molar-refractivity contribution in [2.75, 3.05) is 5.73 Å². The van der Waals surface area contributed by atoms with Gasteiger partial charge < -0.3 is 20.4 Å². The van der Waals surface area contributed by atoms with E-state index in [4.69, 9.17) is 10.2 Å². The molecular formula is C20H25N5O4. The summed E-state index contributed by atoms with van der Waals surface area (Å²) in [4.78, 5) is 40.1. The Bertz CT molecular complexity index is 995. The Morgan fingerprint density at radius 3 is 2.83 bits per heavy atom. The van der Waals surface area contributed by atoms with Crippen LogP contribution in [0, 0.1) is 0 Å². The van der Waals surface area contributed by atoms with Crippen LogP contribution in [0.25, 0.3) is 11.5 Å². The second-order valence-electron chi connectivity index (χ2n) is 8.18. The molecule has 0 bridgehead atoms. The molecule has 1 aliphatic heterocycles. The van der Waals surface area contributed by atoms with Crippen molar-refractivity contribution in [2.45, 2.75) is 63.7 Å². The Labute approximate surface area is 167 Å². The van der Waals surface area contributed by atoms with Crippen LogP contribution in [0.1, 0.15) is 39.5 Å². The number of nitrogens with zero attached hydrogens (tertiary/aromatic N) is 3. The third kappa shape index (κ3) is 3.30. The van der Waals surface area contributed by atoms with Crippen LogP contribution in [-0.4, -0.2) is 44.1 Å². The van der Waals surface area contributed by atoms with E-state index in [-0.39, 0.29) is 36.1 Å². The van der Waals surface area contributed by atoms with Gasteiger partial charge in [0.15, 0.2) is 5.76 Å². The molecular weight excluding hydrogens is 374 g/mol. The molecule has 2 aromatic heterocycles. The fraction of sp³-hybridized carbons (Fsp3) is 0.500. The van der Waals surface area contributed by atoms with Gasteiger partial charge in [0.05, 0.1) is 12.3 Å². The number of nitrogens with one attached hydrogen (secondary N) is 1. The highest BCUT2D eigenvalue weighted by molar-refractivity contribution is 5.92. The summed E-state index contributed by atoms with van der Waals surface area (Å²) in [6.45, 7) is 3.17. The molecule has 0 aromatic carbocycles. The van der Waals surface area contributed by atoms with Crippen LogP contribution in [0.2, 0.25) is 0 Å². The molecule has 2 atom stereocenters. The molecule has 29 heavy (non-hydrogen) atoms. The summed E-state index contributed by atoms with van der Waals surface area (Å²) in [6.07, 6.45) is 5.17. The highest BCUT2D eigenvalue weighted by Crippen LogP contribution is 2.33. The van der Waals surface area contributed by atoms with Crippen LogP contribution in [-0.2, 0) is 16.1 Å². The maximum absolute atomic E-state index is 13.3. The van der Waals surface area contributed by atoms with Crippen LogP contribution in [0.15, 0.2) is 33.7 Å². The third-order valence-corrected chi connectivity index (χ3v) is 5.86. The molecule has 4 rings (SSSR count). The number of furan rings is 1. The number of rotatable bonds is 3. The van der Waals surface area contributed by atoms with Gasteiger partial charge in [0.1, 0.15) is 23.5 Å². The summed E-state index contributed by atoms with van der Waals surface area (Å²) in [5.41, 5.74) is 4.64. The van der Waals surface area contributed by atoms with Gasteiger partial charge in [0, 0.05) is 6.04 Å². The molecule has 1 saturated heterocycles. The SMILES string of the molecule is CC1(C)C(=O)N[C@@H]2CCCC[C@@H]2N1C(=O)Cn1nc(-c2ccco2)cc(N)c1=O. The largest absolute Gasteiger partial charge is 0.463 e. The van der Waals surface area contributed by atoms with Gasteiger partial charge in [-0.25, -0.2) is 4.68 Å². The van der Waals surface area contributed by atoms with E-state index in [9.17, 15) is 14.4 Å². The van der Waals surface area contributed by atoms with Crippen molar-refractivity contribution in [3.05, 3.63) is 34.8 Å². The molecule has 2 aliphatic rings. The van der Waals surface area contributed by atoms with Gasteiger partial charge in [0.2, 0.25) is 11.8 Å². The molecule has 2 fully saturated rings. The van der Waals surface area contributed by atoms with E-state index >= 15 is 0 Å². The van der Waals surface area contributed by atoms with Crippen LogP contribution >= 0.6 is 0 Å². The lowest BCUT2D eigenvalue weighted by Crippen LogP contribution is -2.72. The molecule has 0 unspecified atom stereocenters. The summed E-state index contributed by atoms with van der Waals surface area (Å²) < 4.78 is 6.38. The summed E-state index contributed by atoms with van der Waals surface area (Å²) in [7, 11) is 0. The first kappa shape index (κ1) is 19.2. The van der Waals surface area contributed by atoms with Crippen LogP contribution in [0.4, 0.5) is 5.69 Å². The van der Waals surface area contributed by atoms with Crippen molar-refractivity contribution in [1.29, 1.82) is 0 Å². The molecule has 9 nitrogen and oxygen atoms in total. The molecule has 3 heterocycles. The van der Waals surface area contributed by atoms with E-state index in [0.29, 0.717) is 11.5 Å². The van der Waals surface area contributed by atoms with Gasteiger partial charge in [-0.2, -0.15) is 5.10 Å². The Balaban J connectivity index is 1.67. The lowest BCUT2D eigenvalue weighted by Gasteiger charge is -2.52. The number of nitrogen functional groups attached to an aromatic ring is 1. The number of fused-ring (bicyclic) bond motifs is 1. The van der Waals surface area contributed by atoms with Crippen molar-refractivity contribution < 1.29 is 14.0 Å². The number of piperazine rings is 1. The van der Waals surface area contributed by atoms with Gasteiger partial charge in [-0.15, -0.1) is 0 Å². The Morgan fingerprint density at radius 2 is 2.10 bits per heavy atom. The topological polar surface area (TPSA) is 123 Å². The first-order chi connectivity index (χ1) is 13.8. The number of amides is 2. The highest BCUT2D eigenvalue weighted by atomic mass is 16.3. The Kier molecular flexibility index (Phi) is 4.68. The smallest absolute Gasteiger partial charge is 0.290 e. The molecule has 0 radical (unpaired) electrons. The summed E-state index contributed by atoms with van der Waals surface area (Å²) in [5, 5.41) is 7.32. The number of carbonyl (C=O) groups excluding carboxylic acids is 2. The maximum Gasteiger partial charge on any atom is 0.290 e. The van der Waals surface area contributed by atoms with Gasteiger partial charge >= 0.3 is 0 Å². The highest BCUT2D eigenvalue weighted by Gasteiger charge is 2.49. The lowest BCUT2D eigenvalue weighted by atomic mass is 9.82. The molecule has 2 amide bonds. The number of nitrogens with two attached hydrogens (primary N) is 1. The zero-order valence-electron chi connectivity index (χ0n) is 16.6. The van der Waals surface area contributed by atoms with Crippen molar-refractivity contribution in [2.24, 2.45) is 0 Å². The summed E-state index contributed by atoms with van der Waals surface area (Å²) >= 11 is 0. The zero-order valence-corrected chi connectivity index (χ0v) is 16.6. The lowest BCUT2D eigenvalue weighted by molar-refractivity contribution is -0.158. The molecule has 0 spiro atoms. The minimum absolute atomic E-state index is 0.0228. The Morgan fingerprint density at radius 1 is 1.34 bits per heavy atom. The van der Waals surface area contributed by atoms with Gasteiger partial charge in [-0.05, 0) is 44.9 Å². The van der Waals surface area contributed by atoms with Gasteiger partial charge in [0.25, 0.3) is 5.56 Å². The van der Waals surface area contributed by atoms with Crippen LogP contribution in [0.5, 0.6) is 0 Å². The standard InChI is InChI=1S/C20H25N5O4/c1-20(2)19(28)22-13-6-3-4-7-15(13)25(20)17(26)11-24-18(27)12(21)10-14(23-24)16-8-5-9-29-16/h5,8-10,13,15H,3-4,6-7,11,21H2,1-2H3,(H,22,28)/t13-,15+/m1/s1. The summed E-state index contributed by atoms with van der Waals surface area (Å²) in [6, 6.07) is 4.68. The monoisotopic (exact) mass is 399 g/mol. The first-order valence-corrected chi connectivity index (χ1v) is 9.83. The second-order valence-corrected chi connectivity index (χ2v) is 8.18. The number of anilines is 1. The second kappa shape index (κ2) is 7.06. The zero-order chi connectivity index (χ0) is 20.8. The van der Waals surface area contributed by atoms with E-state index in [1.54, 1.807) is 30.9 Å². The third-order valence-electron chi connectivity index (χ3n) is 5.86. The first-order valence-electron chi connectivity index (χ1n) is 9.83. The number of aromatic nitrogens is 2. The van der Waals surface area contributed by atoms with Gasteiger partial charge in [-0.1, -0.05) is 12.8 Å². The fourth-order valence-electron chi connectivity index (χ4n) is 4.37. The van der Waals surface area contributed by atoms with E-state index in [2.05, 4.69) is 10.4 Å². The average Bonchev–Trinajstić information content (AvgIpc) is 3.20. The number of hydrogen-bond acceptors (Lipinski definition) is 6. The molecule has 1 aliphatic carbocycles. The maximum atomic E-state index is 13.3. The number of hydrogen-bond donors (Lipinski definition) is 2. The van der Waals surface area contributed by atoms with E-state index < -0.39 is 11.1 Å². The minimum Gasteiger partial charge on any atom is -0.463 e. The van der Waals surface area contributed by atoms with Crippen LogP contribution < -0.4 is 16.6 Å². The average molecular weight is 399 g/mol.